The summed E-state index contributed by atoms with van der Waals surface area (Å²) in [6.45, 7) is 0. The van der Waals surface area contributed by atoms with Crippen LogP contribution in [0.2, 0.25) is 0 Å². The number of methoxy groups -OCH3 is 1. The lowest BCUT2D eigenvalue weighted by atomic mass is 9.82. The molecule has 1 saturated carbocycles. The van der Waals surface area contributed by atoms with Gasteiger partial charge in [0.2, 0.25) is 0 Å². The number of alkyl halides is 8. The summed E-state index contributed by atoms with van der Waals surface area (Å²) in [5.74, 6) is 0. The van der Waals surface area contributed by atoms with Crippen molar-refractivity contribution in [3.8, 4) is 0 Å². The van der Waals surface area contributed by atoms with Crippen LogP contribution in [0.15, 0.2) is 0 Å². The average molecular weight is 354 g/mol. The van der Waals surface area contributed by atoms with Gasteiger partial charge in [-0.2, -0.15) is 13.2 Å². The molecule has 0 aromatic carbocycles. The van der Waals surface area contributed by atoms with Crippen LogP contribution in [-0.2, 0) is 4.74 Å². The maximum absolute atomic E-state index is 13.1. The summed E-state index contributed by atoms with van der Waals surface area (Å²) in [4.78, 5) is 0. The van der Waals surface area contributed by atoms with Gasteiger partial charge in [0, 0.05) is 7.11 Å². The summed E-state index contributed by atoms with van der Waals surface area (Å²) in [5, 5.41) is -6.66. The lowest BCUT2D eigenvalue weighted by Gasteiger charge is -2.49. The first-order valence-corrected chi connectivity index (χ1v) is 6.61. The summed E-state index contributed by atoms with van der Waals surface area (Å²) in [7, 11) is 0.861. The fourth-order valence-corrected chi connectivity index (χ4v) is 4.05. The Balaban J connectivity index is 3.28. The highest BCUT2D eigenvalue weighted by atomic mass is 35.5. The summed E-state index contributed by atoms with van der Waals surface area (Å²) in [6, 6.07) is 0. The number of ether oxygens (including phenoxy) is 1. The van der Waals surface area contributed by atoms with Crippen LogP contribution in [0.1, 0.15) is 0 Å². The van der Waals surface area contributed by atoms with Gasteiger partial charge in [0.05, 0.1) is 26.9 Å². The first-order valence-electron chi connectivity index (χ1n) is 4.43. The fraction of sp³-hybridized carbons (Fsp3) is 1.00. The molecule has 0 saturated heterocycles. The van der Waals surface area contributed by atoms with Gasteiger partial charge in [0.15, 0.2) is 5.60 Å². The molecule has 0 amide bonds. The molecule has 4 atom stereocenters. The van der Waals surface area contributed by atoms with Gasteiger partial charge in [0.1, 0.15) is 0 Å². The van der Waals surface area contributed by atoms with Crippen molar-refractivity contribution in [2.75, 3.05) is 7.11 Å². The molecule has 0 bridgehead atoms. The topological polar surface area (TPSA) is 9.23 Å². The second-order valence-corrected chi connectivity index (χ2v) is 6.08. The minimum absolute atomic E-state index is 0.861. The highest BCUT2D eigenvalue weighted by Gasteiger charge is 2.70. The third-order valence-electron chi connectivity index (χ3n) is 2.77. The lowest BCUT2D eigenvalue weighted by molar-refractivity contribution is -0.274. The van der Waals surface area contributed by atoms with Gasteiger partial charge in [-0.05, 0) is 0 Å². The molecule has 4 unspecified atom stereocenters. The Kier molecular flexibility index (Phi) is 5.06. The Hall–Kier alpha value is 1.20. The summed E-state index contributed by atoms with van der Waals surface area (Å²) >= 11 is 28.8. The average Bonchev–Trinajstić information content (AvgIpc) is 2.23. The monoisotopic (exact) mass is 352 g/mol. The minimum atomic E-state index is -4.81. The van der Waals surface area contributed by atoms with Crippen LogP contribution >= 0.6 is 58.0 Å². The van der Waals surface area contributed by atoms with E-state index >= 15 is 0 Å². The highest BCUT2D eigenvalue weighted by molar-refractivity contribution is 6.42. The van der Waals surface area contributed by atoms with Crippen LogP contribution < -0.4 is 0 Å². The van der Waals surface area contributed by atoms with Crippen LogP contribution in [0.4, 0.5) is 13.2 Å². The number of hydrogen-bond donors (Lipinski definition) is 0. The van der Waals surface area contributed by atoms with E-state index < -0.39 is 38.7 Å². The highest BCUT2D eigenvalue weighted by Crippen LogP contribution is 2.52. The van der Waals surface area contributed by atoms with E-state index in [9.17, 15) is 13.2 Å². The van der Waals surface area contributed by atoms with Crippen LogP contribution in [0.5, 0.6) is 0 Å². The molecule has 0 spiro atoms. The molecule has 1 rings (SSSR count). The van der Waals surface area contributed by atoms with E-state index in [2.05, 4.69) is 4.74 Å². The Bertz CT molecular complexity index is 271. The molecule has 1 aliphatic carbocycles. The maximum Gasteiger partial charge on any atom is 0.420 e. The van der Waals surface area contributed by atoms with E-state index in [1.807, 2.05) is 0 Å². The van der Waals surface area contributed by atoms with Crippen molar-refractivity contribution in [2.45, 2.75) is 38.7 Å². The van der Waals surface area contributed by atoms with Crippen LogP contribution in [0, 0.1) is 0 Å². The summed E-state index contributed by atoms with van der Waals surface area (Å²) in [5.41, 5.74) is -2.82. The zero-order chi connectivity index (χ0) is 13.6. The molecule has 1 nitrogen and oxygen atoms in total. The molecule has 9 heteroatoms. The molecule has 1 fully saturated rings. The Labute approximate surface area is 121 Å². The van der Waals surface area contributed by atoms with E-state index in [1.54, 1.807) is 0 Å². The van der Waals surface area contributed by atoms with Crippen molar-refractivity contribution in [3.05, 3.63) is 0 Å². The van der Waals surface area contributed by atoms with E-state index in [4.69, 9.17) is 58.0 Å². The molecular weight excluding hydrogens is 346 g/mol. The number of rotatable bonds is 1. The molecule has 1 aliphatic rings. The normalized spacial score (nSPS) is 48.2. The van der Waals surface area contributed by atoms with Gasteiger partial charge in [0.25, 0.3) is 0 Å². The van der Waals surface area contributed by atoms with Crippen molar-refractivity contribution in [2.24, 2.45) is 0 Å². The zero-order valence-electron chi connectivity index (χ0n) is 8.32. The van der Waals surface area contributed by atoms with Crippen LogP contribution in [-0.4, -0.2) is 45.8 Å². The second-order valence-electron chi connectivity index (χ2n) is 3.63. The standard InChI is InChI=1S/C8H8Cl5F3O/c1-17-7(8(14,15)16)5(12)3(10)2(9)4(11)6(7)13/h2-6H,1H3. The third-order valence-corrected chi connectivity index (χ3v) is 6.06. The first-order chi connectivity index (χ1) is 7.61. The largest absolute Gasteiger partial charge is 0.420 e. The second kappa shape index (κ2) is 5.29. The molecule has 0 radical (unpaired) electrons. The van der Waals surface area contributed by atoms with E-state index in [0.717, 1.165) is 7.11 Å². The fourth-order valence-electron chi connectivity index (χ4n) is 1.78. The quantitative estimate of drug-likeness (QED) is 0.647. The molecule has 17 heavy (non-hydrogen) atoms. The predicted molar refractivity (Wildman–Crippen MR) is 64.0 cm³/mol. The Morgan fingerprint density at radius 1 is 0.882 bits per heavy atom. The zero-order valence-corrected chi connectivity index (χ0v) is 12.1. The predicted octanol–water partition coefficient (Wildman–Crippen LogP) is 3.98. The molecule has 0 N–H and O–H groups in total. The van der Waals surface area contributed by atoms with Gasteiger partial charge in [-0.15, -0.1) is 58.0 Å². The van der Waals surface area contributed by atoms with Crippen LogP contribution in [0.3, 0.4) is 0 Å². The van der Waals surface area contributed by atoms with E-state index in [-0.39, 0.29) is 0 Å². The number of halogens is 8. The molecule has 0 aliphatic heterocycles. The van der Waals surface area contributed by atoms with Gasteiger partial charge in [-0.1, -0.05) is 0 Å². The van der Waals surface area contributed by atoms with Crippen LogP contribution in [0.25, 0.3) is 0 Å². The van der Waals surface area contributed by atoms with Gasteiger partial charge in [-0.3, -0.25) is 0 Å². The van der Waals surface area contributed by atoms with Gasteiger partial charge >= 0.3 is 6.18 Å². The summed E-state index contributed by atoms with van der Waals surface area (Å²) < 4.78 is 43.9. The Morgan fingerprint density at radius 3 is 1.47 bits per heavy atom. The molecule has 102 valence electrons. The van der Waals surface area contributed by atoms with Crippen molar-refractivity contribution in [3.63, 3.8) is 0 Å². The molecule has 0 aromatic rings. The van der Waals surface area contributed by atoms with E-state index in [1.165, 1.54) is 0 Å². The number of hydrogen-bond acceptors (Lipinski definition) is 1. The molecule has 0 heterocycles. The van der Waals surface area contributed by atoms with Crippen molar-refractivity contribution < 1.29 is 17.9 Å². The van der Waals surface area contributed by atoms with Gasteiger partial charge < -0.3 is 4.74 Å². The third kappa shape index (κ3) is 2.34. The SMILES string of the molecule is COC1(C(F)(F)F)C(Cl)C(Cl)C(Cl)C(Cl)C1Cl. The lowest BCUT2D eigenvalue weighted by Crippen LogP contribution is -2.70. The summed E-state index contributed by atoms with van der Waals surface area (Å²) in [6.07, 6.45) is -4.81. The molecule has 0 aromatic heterocycles. The maximum atomic E-state index is 13.1. The molecular formula is C8H8Cl5F3O. The van der Waals surface area contributed by atoms with E-state index in [0.29, 0.717) is 0 Å². The van der Waals surface area contributed by atoms with Crippen molar-refractivity contribution >= 4 is 58.0 Å². The Morgan fingerprint density at radius 2 is 1.24 bits per heavy atom. The van der Waals surface area contributed by atoms with Crippen molar-refractivity contribution in [1.82, 2.24) is 0 Å². The smallest absolute Gasteiger partial charge is 0.366 e. The minimum Gasteiger partial charge on any atom is -0.366 e. The first kappa shape index (κ1) is 16.3. The van der Waals surface area contributed by atoms with Crippen molar-refractivity contribution in [1.29, 1.82) is 0 Å². The van der Waals surface area contributed by atoms with Gasteiger partial charge in [-0.25, -0.2) is 0 Å².